The van der Waals surface area contributed by atoms with E-state index in [2.05, 4.69) is 10.1 Å². The normalized spacial score (nSPS) is 14.2. The third kappa shape index (κ3) is 3.50. The second kappa shape index (κ2) is 6.60. The SMILES string of the molecule is COC(=O)OC1=C(NC(=O)c2ccccc2)CCCO1. The number of hydrogen-bond acceptors (Lipinski definition) is 5. The summed E-state index contributed by atoms with van der Waals surface area (Å²) in [5.74, 6) is -0.288. The van der Waals surface area contributed by atoms with Gasteiger partial charge in [-0.1, -0.05) is 18.2 Å². The molecule has 2 rings (SSSR count). The summed E-state index contributed by atoms with van der Waals surface area (Å²) in [4.78, 5) is 23.2. The van der Waals surface area contributed by atoms with Gasteiger partial charge in [-0.25, -0.2) is 4.79 Å². The summed E-state index contributed by atoms with van der Waals surface area (Å²) in [5, 5.41) is 2.70. The molecule has 0 spiro atoms. The highest BCUT2D eigenvalue weighted by Crippen LogP contribution is 2.19. The quantitative estimate of drug-likeness (QED) is 0.857. The number of hydrogen-bond donors (Lipinski definition) is 1. The molecule has 1 amide bonds. The Bertz CT molecular complexity index is 524. The Kier molecular flexibility index (Phi) is 4.60. The van der Waals surface area contributed by atoms with Crippen LogP contribution in [-0.4, -0.2) is 25.8 Å². The van der Waals surface area contributed by atoms with E-state index in [0.29, 0.717) is 24.3 Å². The van der Waals surface area contributed by atoms with Crippen LogP contribution in [0.4, 0.5) is 4.79 Å². The fourth-order valence-corrected chi connectivity index (χ4v) is 1.72. The van der Waals surface area contributed by atoms with E-state index < -0.39 is 6.16 Å². The highest BCUT2D eigenvalue weighted by Gasteiger charge is 2.21. The van der Waals surface area contributed by atoms with E-state index in [-0.39, 0.29) is 11.9 Å². The summed E-state index contributed by atoms with van der Waals surface area (Å²) in [6.45, 7) is 0.428. The van der Waals surface area contributed by atoms with Gasteiger partial charge in [0.25, 0.3) is 5.91 Å². The first-order valence-corrected chi connectivity index (χ1v) is 6.19. The number of carbonyl (C=O) groups excluding carboxylic acids is 2. The van der Waals surface area contributed by atoms with E-state index in [1.165, 1.54) is 7.11 Å². The van der Waals surface area contributed by atoms with Gasteiger partial charge >= 0.3 is 12.1 Å². The lowest BCUT2D eigenvalue weighted by molar-refractivity contribution is 0.0166. The Hall–Kier alpha value is -2.50. The molecular formula is C14H15NO5. The van der Waals surface area contributed by atoms with Crippen molar-refractivity contribution in [3.63, 3.8) is 0 Å². The first-order chi connectivity index (χ1) is 9.70. The maximum absolute atomic E-state index is 12.0. The molecule has 0 saturated heterocycles. The number of carbonyl (C=O) groups is 2. The number of nitrogens with one attached hydrogen (secondary N) is 1. The Morgan fingerprint density at radius 2 is 2.00 bits per heavy atom. The van der Waals surface area contributed by atoms with E-state index in [9.17, 15) is 9.59 Å². The molecule has 0 saturated carbocycles. The minimum Gasteiger partial charge on any atom is -0.464 e. The standard InChI is InChI=1S/C14H15NO5/c1-18-14(17)20-13-11(8-5-9-19-13)15-12(16)10-6-3-2-4-7-10/h2-4,6-7H,5,8-9H2,1H3,(H,15,16). The van der Waals surface area contributed by atoms with Crippen molar-refractivity contribution in [1.29, 1.82) is 0 Å². The highest BCUT2D eigenvalue weighted by molar-refractivity contribution is 5.95. The van der Waals surface area contributed by atoms with Crippen molar-refractivity contribution < 1.29 is 23.8 Å². The zero-order chi connectivity index (χ0) is 14.4. The number of amides is 1. The summed E-state index contributed by atoms with van der Waals surface area (Å²) in [6, 6.07) is 8.76. The molecule has 1 N–H and O–H groups in total. The Labute approximate surface area is 116 Å². The molecule has 0 bridgehead atoms. The van der Waals surface area contributed by atoms with Crippen LogP contribution >= 0.6 is 0 Å². The van der Waals surface area contributed by atoms with Gasteiger partial charge < -0.3 is 19.5 Å². The maximum Gasteiger partial charge on any atom is 0.516 e. The molecule has 0 atom stereocenters. The first-order valence-electron chi connectivity index (χ1n) is 6.19. The van der Waals surface area contributed by atoms with E-state index in [1.54, 1.807) is 24.3 Å². The van der Waals surface area contributed by atoms with Gasteiger partial charge in [0.05, 0.1) is 13.7 Å². The van der Waals surface area contributed by atoms with Crippen molar-refractivity contribution in [2.24, 2.45) is 0 Å². The van der Waals surface area contributed by atoms with Crippen molar-refractivity contribution in [3.8, 4) is 0 Å². The fourth-order valence-electron chi connectivity index (χ4n) is 1.72. The van der Waals surface area contributed by atoms with Crippen LogP contribution < -0.4 is 5.32 Å². The lowest BCUT2D eigenvalue weighted by Gasteiger charge is -2.20. The van der Waals surface area contributed by atoms with Crippen LogP contribution in [-0.2, 0) is 14.2 Å². The lowest BCUT2D eigenvalue weighted by Crippen LogP contribution is -2.28. The average Bonchev–Trinajstić information content (AvgIpc) is 2.50. The molecule has 20 heavy (non-hydrogen) atoms. The number of rotatable bonds is 3. The molecule has 1 heterocycles. The summed E-state index contributed by atoms with van der Waals surface area (Å²) in [5.41, 5.74) is 0.957. The molecule has 6 nitrogen and oxygen atoms in total. The van der Waals surface area contributed by atoms with Gasteiger partial charge in [0.15, 0.2) is 0 Å². The summed E-state index contributed by atoms with van der Waals surface area (Å²) in [6.07, 6.45) is 0.414. The molecule has 1 aliphatic rings. The monoisotopic (exact) mass is 277 g/mol. The third-order valence-corrected chi connectivity index (χ3v) is 2.69. The lowest BCUT2D eigenvalue weighted by atomic mass is 10.2. The van der Waals surface area contributed by atoms with Crippen molar-refractivity contribution in [1.82, 2.24) is 5.32 Å². The maximum atomic E-state index is 12.0. The summed E-state index contributed by atoms with van der Waals surface area (Å²) in [7, 11) is 1.20. The van der Waals surface area contributed by atoms with Gasteiger partial charge in [0.1, 0.15) is 5.70 Å². The minimum atomic E-state index is -0.881. The van der Waals surface area contributed by atoms with Gasteiger partial charge in [-0.15, -0.1) is 0 Å². The van der Waals surface area contributed by atoms with Gasteiger partial charge in [0.2, 0.25) is 0 Å². The smallest absolute Gasteiger partial charge is 0.464 e. The summed E-state index contributed by atoms with van der Waals surface area (Å²) >= 11 is 0. The highest BCUT2D eigenvalue weighted by atomic mass is 16.8. The largest absolute Gasteiger partial charge is 0.516 e. The molecule has 1 aliphatic heterocycles. The third-order valence-electron chi connectivity index (χ3n) is 2.69. The van der Waals surface area contributed by atoms with Crippen molar-refractivity contribution in [3.05, 3.63) is 47.5 Å². The predicted octanol–water partition coefficient (Wildman–Crippen LogP) is 2.18. The molecule has 0 aromatic heterocycles. The van der Waals surface area contributed by atoms with E-state index in [1.807, 2.05) is 6.07 Å². The average molecular weight is 277 g/mol. The first kappa shape index (κ1) is 13.9. The summed E-state index contributed by atoms with van der Waals surface area (Å²) < 4.78 is 14.5. The second-order valence-electron chi connectivity index (χ2n) is 4.09. The predicted molar refractivity (Wildman–Crippen MR) is 69.6 cm³/mol. The second-order valence-corrected chi connectivity index (χ2v) is 4.09. The fraction of sp³-hybridized carbons (Fsp3) is 0.286. The van der Waals surface area contributed by atoms with Crippen LogP contribution in [0.25, 0.3) is 0 Å². The zero-order valence-corrected chi connectivity index (χ0v) is 11.0. The van der Waals surface area contributed by atoms with Crippen molar-refractivity contribution in [2.75, 3.05) is 13.7 Å². The van der Waals surface area contributed by atoms with Gasteiger partial charge in [-0.3, -0.25) is 4.79 Å². The van der Waals surface area contributed by atoms with Gasteiger partial charge in [0, 0.05) is 5.56 Å². The molecule has 106 valence electrons. The molecule has 6 heteroatoms. The zero-order valence-electron chi connectivity index (χ0n) is 11.0. The molecular weight excluding hydrogens is 262 g/mol. The molecule has 0 unspecified atom stereocenters. The molecule has 1 aromatic carbocycles. The Morgan fingerprint density at radius 1 is 1.25 bits per heavy atom. The Morgan fingerprint density at radius 3 is 2.70 bits per heavy atom. The van der Waals surface area contributed by atoms with Crippen LogP contribution in [0.2, 0.25) is 0 Å². The molecule has 0 fully saturated rings. The van der Waals surface area contributed by atoms with E-state index in [4.69, 9.17) is 9.47 Å². The number of methoxy groups -OCH3 is 1. The van der Waals surface area contributed by atoms with Crippen LogP contribution in [0.1, 0.15) is 23.2 Å². The number of allylic oxidation sites excluding steroid dienone is 1. The minimum absolute atomic E-state index is 0.00705. The van der Waals surface area contributed by atoms with Crippen LogP contribution in [0.3, 0.4) is 0 Å². The molecule has 0 radical (unpaired) electrons. The van der Waals surface area contributed by atoms with Crippen molar-refractivity contribution in [2.45, 2.75) is 12.8 Å². The van der Waals surface area contributed by atoms with Crippen LogP contribution in [0.15, 0.2) is 42.0 Å². The molecule has 0 aliphatic carbocycles. The Balaban J connectivity index is 2.11. The van der Waals surface area contributed by atoms with Gasteiger partial charge in [-0.05, 0) is 25.0 Å². The number of ether oxygens (including phenoxy) is 3. The van der Waals surface area contributed by atoms with Crippen molar-refractivity contribution >= 4 is 12.1 Å². The topological polar surface area (TPSA) is 73.9 Å². The van der Waals surface area contributed by atoms with Crippen LogP contribution in [0, 0.1) is 0 Å². The molecule has 1 aromatic rings. The van der Waals surface area contributed by atoms with Gasteiger partial charge in [-0.2, -0.15) is 0 Å². The van der Waals surface area contributed by atoms with E-state index >= 15 is 0 Å². The van der Waals surface area contributed by atoms with Crippen LogP contribution in [0.5, 0.6) is 0 Å². The van der Waals surface area contributed by atoms with E-state index in [0.717, 1.165) is 6.42 Å². The number of benzene rings is 1.